The highest BCUT2D eigenvalue weighted by Crippen LogP contribution is 2.21. The highest BCUT2D eigenvalue weighted by atomic mass is 16.5. The molecule has 0 radical (unpaired) electrons. The van der Waals surface area contributed by atoms with Crippen molar-refractivity contribution in [2.24, 2.45) is 0 Å². The number of aryl methyl sites for hydroxylation is 1. The minimum Gasteiger partial charge on any atom is -0.497 e. The molecule has 1 aromatic carbocycles. The van der Waals surface area contributed by atoms with Gasteiger partial charge in [0.2, 0.25) is 0 Å². The van der Waals surface area contributed by atoms with Crippen molar-refractivity contribution in [3.8, 4) is 5.75 Å². The van der Waals surface area contributed by atoms with Gasteiger partial charge in [-0.25, -0.2) is 0 Å². The molecule has 2 rings (SSSR count). The molecule has 3 nitrogen and oxygen atoms in total. The van der Waals surface area contributed by atoms with Gasteiger partial charge in [-0.2, -0.15) is 0 Å². The van der Waals surface area contributed by atoms with Crippen LogP contribution in [0.25, 0.3) is 0 Å². The fourth-order valence-electron chi connectivity index (χ4n) is 1.78. The van der Waals surface area contributed by atoms with Crippen molar-refractivity contribution in [1.29, 1.82) is 0 Å². The Kier molecular flexibility index (Phi) is 3.28. The van der Waals surface area contributed by atoms with Gasteiger partial charge in [0.15, 0.2) is 0 Å². The second-order valence-electron chi connectivity index (χ2n) is 4.04. The van der Waals surface area contributed by atoms with Gasteiger partial charge in [0, 0.05) is 24.5 Å². The zero-order valence-electron chi connectivity index (χ0n) is 10.1. The number of nitrogens with zero attached hydrogens (tertiary/aromatic N) is 1. The standard InChI is InChI=1S/C14H16N2O/c1-10-7-13(17-2)4-3-11(10)8-12-9-16-6-5-14(12)15/h3-7,9H,8H2,1-2H3,(H2,15,16). The van der Waals surface area contributed by atoms with Crippen LogP contribution in [0.15, 0.2) is 36.7 Å². The van der Waals surface area contributed by atoms with Crippen molar-refractivity contribution in [3.05, 3.63) is 53.3 Å². The van der Waals surface area contributed by atoms with Crippen molar-refractivity contribution < 1.29 is 4.74 Å². The third-order valence-corrected chi connectivity index (χ3v) is 2.87. The molecule has 0 saturated heterocycles. The molecule has 88 valence electrons. The smallest absolute Gasteiger partial charge is 0.119 e. The number of aromatic nitrogens is 1. The maximum Gasteiger partial charge on any atom is 0.119 e. The molecule has 0 fully saturated rings. The predicted octanol–water partition coefficient (Wildman–Crippen LogP) is 2.57. The van der Waals surface area contributed by atoms with Gasteiger partial charge in [-0.05, 0) is 41.8 Å². The molecule has 3 heteroatoms. The van der Waals surface area contributed by atoms with E-state index < -0.39 is 0 Å². The first-order valence-electron chi connectivity index (χ1n) is 5.52. The zero-order chi connectivity index (χ0) is 12.3. The average molecular weight is 228 g/mol. The largest absolute Gasteiger partial charge is 0.497 e. The Hall–Kier alpha value is -2.03. The third-order valence-electron chi connectivity index (χ3n) is 2.87. The molecule has 0 aliphatic carbocycles. The fraction of sp³-hybridized carbons (Fsp3) is 0.214. The van der Waals surface area contributed by atoms with E-state index in [1.807, 2.05) is 24.4 Å². The van der Waals surface area contributed by atoms with Crippen LogP contribution in [0.1, 0.15) is 16.7 Å². The van der Waals surface area contributed by atoms with Crippen LogP contribution >= 0.6 is 0 Å². The Balaban J connectivity index is 2.28. The number of nitrogens with two attached hydrogens (primary N) is 1. The summed E-state index contributed by atoms with van der Waals surface area (Å²) in [5.74, 6) is 0.880. The lowest BCUT2D eigenvalue weighted by Crippen LogP contribution is -1.98. The maximum atomic E-state index is 5.91. The van der Waals surface area contributed by atoms with Crippen LogP contribution in [0.3, 0.4) is 0 Å². The SMILES string of the molecule is COc1ccc(Cc2cnccc2N)c(C)c1. The molecule has 2 N–H and O–H groups in total. The number of anilines is 1. The van der Waals surface area contributed by atoms with Crippen LogP contribution in [0.4, 0.5) is 5.69 Å². The number of hydrogen-bond acceptors (Lipinski definition) is 3. The number of ether oxygens (including phenoxy) is 1. The Bertz CT molecular complexity index is 523. The number of methoxy groups -OCH3 is 1. The molecule has 0 spiro atoms. The van der Waals surface area contributed by atoms with E-state index in [-0.39, 0.29) is 0 Å². The van der Waals surface area contributed by atoms with Crippen molar-refractivity contribution in [2.75, 3.05) is 12.8 Å². The first kappa shape index (κ1) is 11.5. The van der Waals surface area contributed by atoms with E-state index in [9.17, 15) is 0 Å². The number of pyridine rings is 1. The number of hydrogen-bond donors (Lipinski definition) is 1. The lowest BCUT2D eigenvalue weighted by molar-refractivity contribution is 0.414. The summed E-state index contributed by atoms with van der Waals surface area (Å²) in [5.41, 5.74) is 10.2. The Morgan fingerprint density at radius 3 is 2.71 bits per heavy atom. The fourth-order valence-corrected chi connectivity index (χ4v) is 1.78. The van der Waals surface area contributed by atoms with E-state index in [0.717, 1.165) is 23.4 Å². The van der Waals surface area contributed by atoms with Gasteiger partial charge in [-0.3, -0.25) is 4.98 Å². The van der Waals surface area contributed by atoms with Gasteiger partial charge < -0.3 is 10.5 Å². The summed E-state index contributed by atoms with van der Waals surface area (Å²) in [6.45, 7) is 2.07. The summed E-state index contributed by atoms with van der Waals surface area (Å²) < 4.78 is 5.19. The van der Waals surface area contributed by atoms with Gasteiger partial charge in [0.1, 0.15) is 5.75 Å². The summed E-state index contributed by atoms with van der Waals surface area (Å²) >= 11 is 0. The molecule has 0 unspecified atom stereocenters. The minimum absolute atomic E-state index is 0.787. The van der Waals surface area contributed by atoms with E-state index in [1.54, 1.807) is 13.3 Å². The molecular weight excluding hydrogens is 212 g/mol. The predicted molar refractivity (Wildman–Crippen MR) is 69.2 cm³/mol. The van der Waals surface area contributed by atoms with Gasteiger partial charge in [0.25, 0.3) is 0 Å². The highest BCUT2D eigenvalue weighted by Gasteiger charge is 2.04. The van der Waals surface area contributed by atoms with Crippen LogP contribution in [0.5, 0.6) is 5.75 Å². The second-order valence-corrected chi connectivity index (χ2v) is 4.04. The van der Waals surface area contributed by atoms with E-state index >= 15 is 0 Å². The quantitative estimate of drug-likeness (QED) is 0.878. The monoisotopic (exact) mass is 228 g/mol. The maximum absolute atomic E-state index is 5.91. The topological polar surface area (TPSA) is 48.1 Å². The molecular formula is C14H16N2O. The normalized spacial score (nSPS) is 10.2. The van der Waals surface area contributed by atoms with Crippen LogP contribution in [0.2, 0.25) is 0 Å². The summed E-state index contributed by atoms with van der Waals surface area (Å²) in [6, 6.07) is 7.89. The Morgan fingerprint density at radius 1 is 1.24 bits per heavy atom. The molecule has 0 saturated carbocycles. The summed E-state index contributed by atoms with van der Waals surface area (Å²) in [7, 11) is 1.67. The van der Waals surface area contributed by atoms with E-state index in [4.69, 9.17) is 10.5 Å². The lowest BCUT2D eigenvalue weighted by atomic mass is 10.0. The molecule has 0 amide bonds. The highest BCUT2D eigenvalue weighted by molar-refractivity contribution is 5.48. The zero-order valence-corrected chi connectivity index (χ0v) is 10.1. The van der Waals surface area contributed by atoms with E-state index in [1.165, 1.54) is 11.1 Å². The molecule has 1 aromatic heterocycles. The van der Waals surface area contributed by atoms with Crippen LogP contribution in [-0.2, 0) is 6.42 Å². The van der Waals surface area contributed by atoms with Gasteiger partial charge >= 0.3 is 0 Å². The minimum atomic E-state index is 0.787. The van der Waals surface area contributed by atoms with Crippen LogP contribution < -0.4 is 10.5 Å². The second kappa shape index (κ2) is 4.87. The first-order valence-corrected chi connectivity index (χ1v) is 5.52. The van der Waals surface area contributed by atoms with Gasteiger partial charge in [-0.15, -0.1) is 0 Å². The molecule has 1 heterocycles. The summed E-state index contributed by atoms with van der Waals surface area (Å²) in [5, 5.41) is 0. The van der Waals surface area contributed by atoms with Crippen molar-refractivity contribution in [2.45, 2.75) is 13.3 Å². The summed E-state index contributed by atoms with van der Waals surface area (Å²) in [6.07, 6.45) is 4.33. The van der Waals surface area contributed by atoms with E-state index in [2.05, 4.69) is 18.0 Å². The molecule has 0 atom stereocenters. The number of benzene rings is 1. The first-order chi connectivity index (χ1) is 8.20. The number of rotatable bonds is 3. The lowest BCUT2D eigenvalue weighted by Gasteiger charge is -2.09. The number of nitrogen functional groups attached to an aromatic ring is 1. The Labute approximate surface area is 101 Å². The average Bonchev–Trinajstić information content (AvgIpc) is 2.34. The van der Waals surface area contributed by atoms with Crippen LogP contribution in [-0.4, -0.2) is 12.1 Å². The molecule has 0 aliphatic rings. The molecule has 0 aliphatic heterocycles. The van der Waals surface area contributed by atoms with E-state index in [0.29, 0.717) is 0 Å². The van der Waals surface area contributed by atoms with Crippen molar-refractivity contribution >= 4 is 5.69 Å². The van der Waals surface area contributed by atoms with Crippen LogP contribution in [0, 0.1) is 6.92 Å². The Morgan fingerprint density at radius 2 is 2.06 bits per heavy atom. The molecule has 17 heavy (non-hydrogen) atoms. The van der Waals surface area contributed by atoms with Crippen molar-refractivity contribution in [3.63, 3.8) is 0 Å². The van der Waals surface area contributed by atoms with Crippen molar-refractivity contribution in [1.82, 2.24) is 4.98 Å². The molecule has 2 aromatic rings. The van der Waals surface area contributed by atoms with Gasteiger partial charge in [-0.1, -0.05) is 6.07 Å². The van der Waals surface area contributed by atoms with Gasteiger partial charge in [0.05, 0.1) is 7.11 Å². The summed E-state index contributed by atoms with van der Waals surface area (Å²) in [4.78, 5) is 4.10. The molecule has 0 bridgehead atoms. The third kappa shape index (κ3) is 2.56.